The van der Waals surface area contributed by atoms with Gasteiger partial charge in [-0.2, -0.15) is 0 Å². The molecule has 0 aromatic heterocycles. The van der Waals surface area contributed by atoms with Crippen LogP contribution in [0.2, 0.25) is 0 Å². The average Bonchev–Trinajstić information content (AvgIpc) is 1.65. The van der Waals surface area contributed by atoms with E-state index in [0.717, 1.165) is 39.2 Å². The first-order valence-corrected chi connectivity index (χ1v) is 3.75. The van der Waals surface area contributed by atoms with E-state index in [0.29, 0.717) is 0 Å². The van der Waals surface area contributed by atoms with Crippen LogP contribution in [-0.4, -0.2) is 5.91 Å². The molecule has 0 fully saturated rings. The van der Waals surface area contributed by atoms with Gasteiger partial charge in [-0.05, 0) is 0 Å². The van der Waals surface area contributed by atoms with Crippen molar-refractivity contribution in [3.05, 3.63) is 0 Å². The Hall–Kier alpha value is 0.821. The third kappa shape index (κ3) is 3.41. The first kappa shape index (κ1) is 7.82. The summed E-state index contributed by atoms with van der Waals surface area (Å²) in [5, 5.41) is 0. The van der Waals surface area contributed by atoms with Crippen LogP contribution < -0.4 is 1.40 Å². The molecule has 0 radical (unpaired) electrons. The van der Waals surface area contributed by atoms with Crippen molar-refractivity contribution in [3.8, 4) is 0 Å². The van der Waals surface area contributed by atoms with Gasteiger partial charge in [0, 0.05) is 0 Å². The first-order chi connectivity index (χ1) is 3.18. The second-order valence-corrected chi connectivity index (χ2v) is 2.45. The summed E-state index contributed by atoms with van der Waals surface area (Å²) in [5.41, 5.74) is 0. The van der Waals surface area contributed by atoms with E-state index in [1.54, 1.807) is 0 Å². The van der Waals surface area contributed by atoms with Crippen molar-refractivity contribution in [1.82, 2.24) is 1.40 Å². The molecule has 3 heteroatoms. The third-order valence-electron chi connectivity index (χ3n) is 0.648. The fourth-order valence-corrected chi connectivity index (χ4v) is 1.07. The van der Waals surface area contributed by atoms with Gasteiger partial charge in [0.15, 0.2) is 0 Å². The zero-order valence-corrected chi connectivity index (χ0v) is 7.69. The number of rotatable bonds is 1. The summed E-state index contributed by atoms with van der Waals surface area (Å²) >= 11 is 0.771. The van der Waals surface area contributed by atoms with E-state index >= 15 is 0 Å². The molecule has 1 amide bonds. The van der Waals surface area contributed by atoms with E-state index < -0.39 is 0 Å². The zero-order valence-electron chi connectivity index (χ0n) is 4.49. The molecule has 2 nitrogen and oxygen atoms in total. The SMILES string of the molecule is CC(C)C(=O)[NH][Nd]. The van der Waals surface area contributed by atoms with E-state index in [9.17, 15) is 4.79 Å². The zero-order chi connectivity index (χ0) is 5.86. The molecule has 1 N–H and O–H groups in total. The quantitative estimate of drug-likeness (QED) is 0.686. The Balaban J connectivity index is 3.35. The maximum absolute atomic E-state index is 10.4. The molecule has 0 aliphatic heterocycles. The third-order valence-corrected chi connectivity index (χ3v) is 1.44. The Morgan fingerprint density at radius 3 is 2.14 bits per heavy atom. The van der Waals surface area contributed by atoms with Gasteiger partial charge in [0.05, 0.1) is 0 Å². The van der Waals surface area contributed by atoms with Crippen LogP contribution in [0.1, 0.15) is 13.8 Å². The second kappa shape index (κ2) is 3.78. The molecule has 0 unspecified atom stereocenters. The van der Waals surface area contributed by atoms with Gasteiger partial charge in [-0.15, -0.1) is 0 Å². The molecule has 0 heterocycles. The second-order valence-electron chi connectivity index (χ2n) is 1.64. The van der Waals surface area contributed by atoms with Gasteiger partial charge in [-0.25, -0.2) is 0 Å². The Morgan fingerprint density at radius 1 is 1.71 bits per heavy atom. The van der Waals surface area contributed by atoms with Crippen LogP contribution in [0.15, 0.2) is 0 Å². The molecule has 7 heavy (non-hydrogen) atoms. The van der Waals surface area contributed by atoms with E-state index in [2.05, 4.69) is 1.40 Å². The summed E-state index contributed by atoms with van der Waals surface area (Å²) in [5.74, 6) is 0.309. The molecule has 0 aromatic carbocycles. The van der Waals surface area contributed by atoms with Gasteiger partial charge in [-0.3, -0.25) is 0 Å². The average molecular weight is 230 g/mol. The van der Waals surface area contributed by atoms with Crippen molar-refractivity contribution in [2.24, 2.45) is 5.92 Å². The Kier molecular flexibility index (Phi) is 4.22. The molecule has 0 aromatic rings. The van der Waals surface area contributed by atoms with Gasteiger partial charge in [0.2, 0.25) is 0 Å². The maximum atomic E-state index is 10.4. The van der Waals surface area contributed by atoms with Crippen molar-refractivity contribution < 1.29 is 44.0 Å². The molecule has 0 rings (SSSR count). The number of carbonyl (C=O) groups is 1. The number of amides is 1. The van der Waals surface area contributed by atoms with E-state index in [1.807, 2.05) is 13.8 Å². The van der Waals surface area contributed by atoms with Gasteiger partial charge in [-0.1, -0.05) is 0 Å². The van der Waals surface area contributed by atoms with Gasteiger partial charge in [0.1, 0.15) is 0 Å². The topological polar surface area (TPSA) is 29.1 Å². The Bertz CT molecular complexity index is 72.1. The number of nitrogens with one attached hydrogen (secondary N) is 1. The molecule has 39 valence electrons. The molecule has 0 spiro atoms. The fourth-order valence-electron chi connectivity index (χ4n) is 0.144. The molecule has 0 saturated heterocycles. The van der Waals surface area contributed by atoms with Crippen LogP contribution in [0.5, 0.6) is 0 Å². The van der Waals surface area contributed by atoms with Crippen molar-refractivity contribution in [1.29, 1.82) is 0 Å². The first-order valence-electron chi connectivity index (χ1n) is 2.15. The van der Waals surface area contributed by atoms with Crippen LogP contribution in [0.3, 0.4) is 0 Å². The molecule has 0 atom stereocenters. The monoisotopic (exact) mass is 228 g/mol. The van der Waals surface area contributed by atoms with E-state index in [1.165, 1.54) is 0 Å². The normalized spacial score (nSPS) is 8.86. The van der Waals surface area contributed by atoms with E-state index in [-0.39, 0.29) is 11.8 Å². The summed E-state index contributed by atoms with van der Waals surface area (Å²) in [6.45, 7) is 3.76. The summed E-state index contributed by atoms with van der Waals surface area (Å²) in [6.07, 6.45) is 0. The number of hydrogen-bond acceptors (Lipinski definition) is 1. The molecule has 0 bridgehead atoms. The van der Waals surface area contributed by atoms with Gasteiger partial charge in [0.25, 0.3) is 0 Å². The number of carbonyl (C=O) groups excluding carboxylic acids is 1. The summed E-state index contributed by atoms with van der Waals surface area (Å²) in [6, 6.07) is 0. The molecule has 0 aliphatic carbocycles. The summed E-state index contributed by atoms with van der Waals surface area (Å²) < 4.78 is 2.66. The van der Waals surface area contributed by atoms with Gasteiger partial charge >= 0.3 is 71.0 Å². The van der Waals surface area contributed by atoms with Crippen LogP contribution in [0.4, 0.5) is 0 Å². The Labute approximate surface area is 70.4 Å². The minimum absolute atomic E-state index is 0.150. The molecular weight excluding hydrogens is 222 g/mol. The molecular formula is C4H8NNdO. The van der Waals surface area contributed by atoms with Crippen LogP contribution in [0, 0.1) is 45.1 Å². The van der Waals surface area contributed by atoms with E-state index in [4.69, 9.17) is 0 Å². The van der Waals surface area contributed by atoms with Gasteiger partial charge < -0.3 is 0 Å². The summed E-state index contributed by atoms with van der Waals surface area (Å²) in [7, 11) is 0. The van der Waals surface area contributed by atoms with Crippen LogP contribution in [0.25, 0.3) is 0 Å². The van der Waals surface area contributed by atoms with Crippen molar-refractivity contribution in [3.63, 3.8) is 0 Å². The summed E-state index contributed by atoms with van der Waals surface area (Å²) in [4.78, 5) is 10.4. The van der Waals surface area contributed by atoms with Crippen molar-refractivity contribution in [2.75, 3.05) is 0 Å². The standard InChI is InChI=1S/C4H9NO.Nd/c1-3(2)4(5)6;/h3H,1-2H3,(H2,5,6);/q;+1/p-1. The number of hydrogen-bond donors (Lipinski definition) is 1. The fraction of sp³-hybridized carbons (Fsp3) is 0.750. The van der Waals surface area contributed by atoms with Crippen molar-refractivity contribution >= 4 is 5.91 Å². The Morgan fingerprint density at radius 2 is 2.14 bits per heavy atom. The molecule has 0 saturated carbocycles. The van der Waals surface area contributed by atoms with Crippen LogP contribution >= 0.6 is 0 Å². The predicted molar refractivity (Wildman–Crippen MR) is 23.0 cm³/mol. The minimum atomic E-state index is 0.150. The van der Waals surface area contributed by atoms with Crippen molar-refractivity contribution in [2.45, 2.75) is 13.8 Å². The molecule has 0 aliphatic rings. The predicted octanol–water partition coefficient (Wildman–Crippen LogP) is 0.223. The van der Waals surface area contributed by atoms with Crippen LogP contribution in [-0.2, 0) is 4.79 Å².